The molecule has 9 heteroatoms. The number of amides is 1. The molecule has 34 heavy (non-hydrogen) atoms. The van der Waals surface area contributed by atoms with Gasteiger partial charge < -0.3 is 14.6 Å². The van der Waals surface area contributed by atoms with Crippen LogP contribution in [0.15, 0.2) is 78.4 Å². The smallest absolute Gasteiger partial charge is 0.300 e. The standard InChI is InChI=1S/C25H20N2O7/c1-33-19-11-5-15(6-12-19)22-21(23(28)16-3-7-18(8-4-16)27(31)32)24(29)25(30)26(22)17-9-13-20(34-2)14-10-17/h3-14,22,28H,1-2H3/t22-/m0/s1. The highest BCUT2D eigenvalue weighted by Crippen LogP contribution is 2.42. The van der Waals surface area contributed by atoms with Gasteiger partial charge in [0.2, 0.25) is 0 Å². The first-order chi connectivity index (χ1) is 16.3. The zero-order valence-electron chi connectivity index (χ0n) is 18.3. The van der Waals surface area contributed by atoms with Gasteiger partial charge in [0.15, 0.2) is 0 Å². The normalized spacial score (nSPS) is 17.0. The number of benzene rings is 3. The third kappa shape index (κ3) is 3.95. The summed E-state index contributed by atoms with van der Waals surface area (Å²) in [4.78, 5) is 38.0. The second kappa shape index (κ2) is 9.07. The summed E-state index contributed by atoms with van der Waals surface area (Å²) in [6.07, 6.45) is 0. The molecule has 0 saturated carbocycles. The first-order valence-electron chi connectivity index (χ1n) is 10.2. The number of hydrogen-bond acceptors (Lipinski definition) is 7. The van der Waals surface area contributed by atoms with Crippen LogP contribution in [0.2, 0.25) is 0 Å². The Kier molecular flexibility index (Phi) is 6.01. The number of ketones is 1. The summed E-state index contributed by atoms with van der Waals surface area (Å²) >= 11 is 0. The third-order valence-corrected chi connectivity index (χ3v) is 5.58. The molecule has 1 aliphatic heterocycles. The largest absolute Gasteiger partial charge is 0.507 e. The van der Waals surface area contributed by atoms with E-state index in [1.54, 1.807) is 48.5 Å². The molecule has 1 heterocycles. The molecule has 4 rings (SSSR count). The highest BCUT2D eigenvalue weighted by atomic mass is 16.6. The summed E-state index contributed by atoms with van der Waals surface area (Å²) in [5.74, 6) is -0.945. The van der Waals surface area contributed by atoms with Gasteiger partial charge in [0.1, 0.15) is 17.3 Å². The summed E-state index contributed by atoms with van der Waals surface area (Å²) < 4.78 is 10.4. The van der Waals surface area contributed by atoms with Gasteiger partial charge >= 0.3 is 0 Å². The van der Waals surface area contributed by atoms with E-state index in [-0.39, 0.29) is 16.8 Å². The van der Waals surface area contributed by atoms with Crippen molar-refractivity contribution in [1.82, 2.24) is 0 Å². The van der Waals surface area contributed by atoms with Crippen molar-refractivity contribution in [3.05, 3.63) is 99.6 Å². The molecule has 3 aromatic rings. The van der Waals surface area contributed by atoms with E-state index in [9.17, 15) is 24.8 Å². The van der Waals surface area contributed by atoms with Crippen LogP contribution < -0.4 is 14.4 Å². The molecular weight excluding hydrogens is 440 g/mol. The van der Waals surface area contributed by atoms with E-state index < -0.39 is 28.4 Å². The molecule has 0 aliphatic carbocycles. The van der Waals surface area contributed by atoms with Crippen LogP contribution in [-0.2, 0) is 9.59 Å². The maximum atomic E-state index is 13.1. The number of rotatable bonds is 6. The van der Waals surface area contributed by atoms with Crippen LogP contribution in [0.25, 0.3) is 5.76 Å². The van der Waals surface area contributed by atoms with Crippen molar-refractivity contribution in [2.75, 3.05) is 19.1 Å². The number of hydrogen-bond donors (Lipinski definition) is 1. The van der Waals surface area contributed by atoms with Gasteiger partial charge in [-0.2, -0.15) is 0 Å². The SMILES string of the molecule is COc1ccc([C@H]2C(=C(O)c3ccc([N+](=O)[O-])cc3)C(=O)C(=O)N2c2ccc(OC)cc2)cc1. The molecular formula is C25H20N2O7. The van der Waals surface area contributed by atoms with Crippen molar-refractivity contribution in [2.24, 2.45) is 0 Å². The molecule has 0 unspecified atom stereocenters. The topological polar surface area (TPSA) is 119 Å². The number of nitro groups is 1. The van der Waals surface area contributed by atoms with Gasteiger partial charge in [-0.25, -0.2) is 0 Å². The van der Waals surface area contributed by atoms with Gasteiger partial charge in [-0.05, 0) is 54.1 Å². The van der Waals surface area contributed by atoms with Crippen LogP contribution >= 0.6 is 0 Å². The minimum Gasteiger partial charge on any atom is -0.507 e. The summed E-state index contributed by atoms with van der Waals surface area (Å²) in [6.45, 7) is 0. The predicted molar refractivity (Wildman–Crippen MR) is 124 cm³/mol. The molecule has 1 aliphatic rings. The highest BCUT2D eigenvalue weighted by Gasteiger charge is 2.47. The van der Waals surface area contributed by atoms with E-state index in [2.05, 4.69) is 0 Å². The van der Waals surface area contributed by atoms with Crippen LogP contribution in [0.4, 0.5) is 11.4 Å². The Morgan fingerprint density at radius 2 is 1.41 bits per heavy atom. The van der Waals surface area contributed by atoms with Crippen LogP contribution in [0.3, 0.4) is 0 Å². The van der Waals surface area contributed by atoms with E-state index in [1.165, 1.54) is 43.4 Å². The molecule has 3 aromatic carbocycles. The molecule has 172 valence electrons. The molecule has 0 bridgehead atoms. The van der Waals surface area contributed by atoms with Crippen LogP contribution in [-0.4, -0.2) is 35.9 Å². The first kappa shape index (κ1) is 22.5. The third-order valence-electron chi connectivity index (χ3n) is 5.58. The molecule has 0 radical (unpaired) electrons. The number of aliphatic hydroxyl groups is 1. The van der Waals surface area contributed by atoms with E-state index in [4.69, 9.17) is 9.47 Å². The fraction of sp³-hybridized carbons (Fsp3) is 0.120. The summed E-state index contributed by atoms with van der Waals surface area (Å²) in [5, 5.41) is 22.1. The number of carbonyl (C=O) groups is 2. The lowest BCUT2D eigenvalue weighted by Crippen LogP contribution is -2.29. The minimum atomic E-state index is -0.936. The number of aliphatic hydroxyl groups excluding tert-OH is 1. The quantitative estimate of drug-likeness (QED) is 0.192. The lowest BCUT2D eigenvalue weighted by atomic mass is 9.95. The summed E-state index contributed by atoms with van der Waals surface area (Å²) in [7, 11) is 3.04. The maximum Gasteiger partial charge on any atom is 0.300 e. The fourth-order valence-electron chi connectivity index (χ4n) is 3.84. The van der Waals surface area contributed by atoms with E-state index in [1.807, 2.05) is 0 Å². The van der Waals surface area contributed by atoms with E-state index >= 15 is 0 Å². The second-order valence-electron chi connectivity index (χ2n) is 7.44. The zero-order valence-corrected chi connectivity index (χ0v) is 18.3. The zero-order chi connectivity index (χ0) is 24.4. The van der Waals surface area contributed by atoms with Gasteiger partial charge in [-0.1, -0.05) is 12.1 Å². The highest BCUT2D eigenvalue weighted by molar-refractivity contribution is 6.51. The minimum absolute atomic E-state index is 0.125. The number of ether oxygens (including phenoxy) is 2. The molecule has 1 N–H and O–H groups in total. The number of nitrogens with zero attached hydrogens (tertiary/aromatic N) is 2. The number of nitro benzene ring substituents is 1. The average molecular weight is 460 g/mol. The monoisotopic (exact) mass is 460 g/mol. The Morgan fingerprint density at radius 1 is 0.882 bits per heavy atom. The Balaban J connectivity index is 1.88. The van der Waals surface area contributed by atoms with Gasteiger partial charge in [0.05, 0.1) is 30.8 Å². The molecule has 0 spiro atoms. The lowest BCUT2D eigenvalue weighted by Gasteiger charge is -2.25. The maximum absolute atomic E-state index is 13.1. The van der Waals surface area contributed by atoms with Gasteiger partial charge in [0, 0.05) is 23.4 Å². The van der Waals surface area contributed by atoms with Gasteiger partial charge in [-0.3, -0.25) is 24.6 Å². The Morgan fingerprint density at radius 3 is 1.91 bits per heavy atom. The number of non-ortho nitro benzene ring substituents is 1. The summed E-state index contributed by atoms with van der Waals surface area (Å²) in [6, 6.07) is 17.6. The van der Waals surface area contributed by atoms with Gasteiger partial charge in [-0.15, -0.1) is 0 Å². The van der Waals surface area contributed by atoms with Crippen molar-refractivity contribution in [2.45, 2.75) is 6.04 Å². The van der Waals surface area contributed by atoms with Crippen molar-refractivity contribution < 1.29 is 29.1 Å². The molecule has 1 saturated heterocycles. The first-order valence-corrected chi connectivity index (χ1v) is 10.2. The Bertz CT molecular complexity index is 1280. The van der Waals surface area contributed by atoms with E-state index in [0.717, 1.165) is 0 Å². The Labute approximate surface area is 194 Å². The lowest BCUT2D eigenvalue weighted by molar-refractivity contribution is -0.384. The summed E-state index contributed by atoms with van der Waals surface area (Å²) in [5.41, 5.74) is 0.893. The van der Waals surface area contributed by atoms with Crippen molar-refractivity contribution in [3.8, 4) is 11.5 Å². The van der Waals surface area contributed by atoms with Crippen LogP contribution in [0, 0.1) is 10.1 Å². The number of anilines is 1. The Hall–Kier alpha value is -4.66. The second-order valence-corrected chi connectivity index (χ2v) is 7.44. The molecule has 1 atom stereocenters. The average Bonchev–Trinajstić information content (AvgIpc) is 3.14. The molecule has 0 aromatic heterocycles. The van der Waals surface area contributed by atoms with Crippen molar-refractivity contribution in [1.29, 1.82) is 0 Å². The number of carbonyl (C=O) groups excluding carboxylic acids is 2. The number of methoxy groups -OCH3 is 2. The van der Waals surface area contributed by atoms with Gasteiger partial charge in [0.25, 0.3) is 17.4 Å². The van der Waals surface area contributed by atoms with Crippen LogP contribution in [0.1, 0.15) is 17.2 Å². The van der Waals surface area contributed by atoms with Crippen molar-refractivity contribution >= 4 is 28.8 Å². The molecule has 9 nitrogen and oxygen atoms in total. The van der Waals surface area contributed by atoms with Crippen LogP contribution in [0.5, 0.6) is 11.5 Å². The molecule has 1 amide bonds. The fourth-order valence-corrected chi connectivity index (χ4v) is 3.84. The predicted octanol–water partition coefficient (Wildman–Crippen LogP) is 4.24. The van der Waals surface area contributed by atoms with Crippen molar-refractivity contribution in [3.63, 3.8) is 0 Å². The van der Waals surface area contributed by atoms with E-state index in [0.29, 0.717) is 22.7 Å². The molecule has 1 fully saturated rings. The number of Topliss-reactive ketones (excluding diaryl/α,β-unsaturated/α-hetero) is 1.